The number of halogens is 1. The van der Waals surface area contributed by atoms with Crippen LogP contribution in [0.5, 0.6) is 0 Å². The summed E-state index contributed by atoms with van der Waals surface area (Å²) in [5, 5.41) is 7.14. The van der Waals surface area contributed by atoms with E-state index < -0.39 is 0 Å². The molecule has 6 aliphatic heterocycles. The first kappa shape index (κ1) is 36.6. The first-order chi connectivity index (χ1) is 28.3. The van der Waals surface area contributed by atoms with Gasteiger partial charge in [0.05, 0.1) is 1.37 Å². The summed E-state index contributed by atoms with van der Waals surface area (Å²) in [4.78, 5) is 46.1. The lowest BCUT2D eigenvalue weighted by atomic mass is 10.1. The summed E-state index contributed by atoms with van der Waals surface area (Å²) in [5.74, 6) is 5.84. The van der Waals surface area contributed by atoms with E-state index in [4.69, 9.17) is 21.3 Å². The predicted octanol–water partition coefficient (Wildman–Crippen LogP) is 8.06. The van der Waals surface area contributed by atoms with E-state index in [9.17, 15) is 9.59 Å². The lowest BCUT2D eigenvalue weighted by molar-refractivity contribution is 0.560. The molecule has 57 heavy (non-hydrogen) atoms. The van der Waals surface area contributed by atoms with Gasteiger partial charge in [-0.2, -0.15) is 0 Å². The van der Waals surface area contributed by atoms with Crippen molar-refractivity contribution in [2.24, 2.45) is 0 Å². The summed E-state index contributed by atoms with van der Waals surface area (Å²) in [6.07, 6.45) is 13.0. The third-order valence-corrected chi connectivity index (χ3v) is 12.8. The zero-order valence-electron chi connectivity index (χ0n) is 34.0. The van der Waals surface area contributed by atoms with Gasteiger partial charge in [0.2, 0.25) is 0 Å². The maximum Gasteiger partial charge on any atom is 0.331 e. The molecule has 298 valence electrons. The molecule has 10 rings (SSSR count). The van der Waals surface area contributed by atoms with Crippen molar-refractivity contribution in [2.75, 3.05) is 10.6 Å². The number of hydrogen-bond acceptors (Lipinski definition) is 8. The average molecular weight is 836 g/mol. The second-order valence-electron chi connectivity index (χ2n) is 16.4. The first-order valence-electron chi connectivity index (χ1n) is 21.6. The van der Waals surface area contributed by atoms with E-state index in [2.05, 4.69) is 64.7 Å². The molecule has 2 aromatic rings. The van der Waals surface area contributed by atoms with Gasteiger partial charge < -0.3 is 10.6 Å². The van der Waals surface area contributed by atoms with Crippen molar-refractivity contribution in [3.05, 3.63) is 103 Å². The standard InChI is InChI=1S/C22H26BrN5O.C22H27N5O/c1-2-11-27-21-18(25-19(26-21)15-5-3-4-6-15)20-24-17(13-28(20)22(27)29)12-14-7-9-16(23)10-8-14;1-2-12-26-21-18(24-19(25-21)16-10-6-7-11-16)20-23-17(14-27(20)22(26)28)13-15-8-4-3-5-9-15/h7-10,15,17,24H,2-6,11-13H2,1H3;3-5,8-9,16-17,23H,2,6-7,10-14H2,1H3/t2*17-/m11/s1/i;3T. The molecule has 2 aromatic carbocycles. The highest BCUT2D eigenvalue weighted by atomic mass is 79.9. The van der Waals surface area contributed by atoms with Gasteiger partial charge in [-0.15, -0.1) is 0 Å². The topological polar surface area (TPSA) is 129 Å². The van der Waals surface area contributed by atoms with Crippen molar-refractivity contribution in [1.29, 1.82) is 0 Å². The minimum absolute atomic E-state index is 0.00345. The fourth-order valence-corrected chi connectivity index (χ4v) is 9.69. The number of aromatic nitrogens is 8. The smallest absolute Gasteiger partial charge is 0.331 e. The third-order valence-electron chi connectivity index (χ3n) is 12.2. The number of rotatable bonds is 10. The van der Waals surface area contributed by atoms with Gasteiger partial charge in [0, 0.05) is 54.6 Å². The lowest BCUT2D eigenvalue weighted by Gasteiger charge is -2.13. The molecule has 0 bridgehead atoms. The van der Waals surface area contributed by atoms with E-state index >= 15 is 0 Å². The largest absolute Gasteiger partial charge is 0.365 e. The van der Waals surface area contributed by atoms with Gasteiger partial charge in [0.1, 0.15) is 34.7 Å². The van der Waals surface area contributed by atoms with Crippen LogP contribution in [-0.4, -0.2) is 50.3 Å². The van der Waals surface area contributed by atoms with Crippen molar-refractivity contribution in [3.8, 4) is 23.0 Å². The summed E-state index contributed by atoms with van der Waals surface area (Å²) in [6.45, 7) is 6.81. The van der Waals surface area contributed by atoms with Crippen LogP contribution in [0.1, 0.15) is 114 Å². The molecule has 13 heteroatoms. The van der Waals surface area contributed by atoms with E-state index in [0.29, 0.717) is 44.1 Å². The first-order valence-corrected chi connectivity index (χ1v) is 21.9. The van der Waals surface area contributed by atoms with Crippen LogP contribution in [0.25, 0.3) is 23.0 Å². The molecule has 2 saturated carbocycles. The number of nitrogens with zero attached hydrogens (tertiary/aromatic N) is 8. The monoisotopic (exact) mass is 834 g/mol. The second kappa shape index (κ2) is 16.2. The van der Waals surface area contributed by atoms with Crippen LogP contribution in [0.3, 0.4) is 0 Å². The molecule has 2 fully saturated rings. The lowest BCUT2D eigenvalue weighted by Crippen LogP contribution is -2.32. The van der Waals surface area contributed by atoms with Crippen molar-refractivity contribution >= 4 is 27.6 Å². The molecule has 0 amide bonds. The average Bonchev–Trinajstić information content (AvgIpc) is 4.08. The Morgan fingerprint density at radius 2 is 1.11 bits per heavy atom. The highest BCUT2D eigenvalue weighted by Gasteiger charge is 2.35. The molecular weight excluding hydrogens is 780 g/mol. The normalized spacial score (nSPS) is 19.4. The van der Waals surface area contributed by atoms with Gasteiger partial charge in [-0.3, -0.25) is 18.3 Å². The van der Waals surface area contributed by atoms with Crippen LogP contribution < -0.4 is 22.0 Å². The molecule has 0 unspecified atom stereocenters. The Balaban J connectivity index is 0.000000150. The van der Waals surface area contributed by atoms with Gasteiger partial charge in [-0.25, -0.2) is 29.5 Å². The molecule has 2 N–H and O–H groups in total. The SMILES string of the molecule is CCCn1c2nc(C3CCCC3)nc-2c2n(c1=O)C[C@@H](Cc1ccc(Br)cc1)N2.[3H]c1ccc(C[C@@H]2Cn3c(c4nc(C5CCCC5)nc-4n(CCC)c3=O)N2)cc1. The van der Waals surface area contributed by atoms with E-state index in [1.807, 2.05) is 42.5 Å². The Morgan fingerprint density at radius 3 is 1.54 bits per heavy atom. The number of benzene rings is 2. The van der Waals surface area contributed by atoms with E-state index in [-0.39, 0.29) is 23.5 Å². The molecule has 0 spiro atoms. The van der Waals surface area contributed by atoms with Gasteiger partial charge >= 0.3 is 11.4 Å². The summed E-state index contributed by atoms with van der Waals surface area (Å²) in [5.41, 5.74) is 4.14. The van der Waals surface area contributed by atoms with E-state index in [0.717, 1.165) is 108 Å². The third kappa shape index (κ3) is 7.43. The summed E-state index contributed by atoms with van der Waals surface area (Å²) < 4.78 is 16.1. The second-order valence-corrected chi connectivity index (χ2v) is 17.3. The zero-order valence-corrected chi connectivity index (χ0v) is 34.6. The molecule has 2 aliphatic carbocycles. The fourth-order valence-electron chi connectivity index (χ4n) is 9.43. The number of imidazole rings is 2. The Hall–Kier alpha value is -4.78. The van der Waals surface area contributed by atoms with Crippen molar-refractivity contribution < 1.29 is 1.37 Å². The van der Waals surface area contributed by atoms with Gasteiger partial charge in [0.15, 0.2) is 11.6 Å². The quantitative estimate of drug-likeness (QED) is 0.142. The van der Waals surface area contributed by atoms with Crippen LogP contribution >= 0.6 is 15.9 Å². The molecular formula is C44H53BrN10O2. The van der Waals surface area contributed by atoms with Crippen LogP contribution in [0, 0.1) is 0 Å². The molecule has 0 aromatic heterocycles. The minimum Gasteiger partial charge on any atom is -0.365 e. The molecule has 0 saturated heterocycles. The van der Waals surface area contributed by atoms with Crippen LogP contribution in [0.15, 0.2) is 68.6 Å². The number of anilines is 2. The van der Waals surface area contributed by atoms with Crippen molar-refractivity contribution in [1.82, 2.24) is 38.2 Å². The van der Waals surface area contributed by atoms with Gasteiger partial charge in [0.25, 0.3) is 0 Å². The Labute approximate surface area is 343 Å². The molecule has 2 atom stereocenters. The van der Waals surface area contributed by atoms with Crippen molar-refractivity contribution in [3.63, 3.8) is 0 Å². The molecule has 6 heterocycles. The van der Waals surface area contributed by atoms with Crippen molar-refractivity contribution in [2.45, 2.75) is 141 Å². The Bertz CT molecular complexity index is 2270. The number of nitrogens with one attached hydrogen (secondary N) is 2. The molecule has 12 nitrogen and oxygen atoms in total. The molecule has 0 radical (unpaired) electrons. The summed E-state index contributed by atoms with van der Waals surface area (Å²) in [7, 11) is 0. The van der Waals surface area contributed by atoms with Crippen LogP contribution in [-0.2, 0) is 39.0 Å². The molecule has 8 aliphatic rings. The predicted molar refractivity (Wildman–Crippen MR) is 228 cm³/mol. The maximum atomic E-state index is 13.2. The zero-order chi connectivity index (χ0) is 39.9. The maximum absolute atomic E-state index is 13.2. The van der Waals surface area contributed by atoms with Gasteiger partial charge in [-0.1, -0.05) is 97.9 Å². The summed E-state index contributed by atoms with van der Waals surface area (Å²) >= 11 is 3.49. The fraction of sp³-hybridized carbons (Fsp3) is 0.500. The highest BCUT2D eigenvalue weighted by molar-refractivity contribution is 9.10. The van der Waals surface area contributed by atoms with Crippen LogP contribution in [0.2, 0.25) is 0 Å². The number of hydrogen-bond donors (Lipinski definition) is 2. The highest BCUT2D eigenvalue weighted by Crippen LogP contribution is 2.39. The van der Waals surface area contributed by atoms with Crippen LogP contribution in [0.4, 0.5) is 11.6 Å². The van der Waals surface area contributed by atoms with E-state index in [1.54, 1.807) is 0 Å². The number of fused-ring (bicyclic) bond motifs is 6. The minimum atomic E-state index is 0.00345. The summed E-state index contributed by atoms with van der Waals surface area (Å²) in [6, 6.07) is 16.8. The van der Waals surface area contributed by atoms with Gasteiger partial charge in [-0.05, 0) is 74.6 Å². The Morgan fingerprint density at radius 1 is 0.667 bits per heavy atom. The van der Waals surface area contributed by atoms with E-state index in [1.165, 1.54) is 31.2 Å². The Kier molecular flexibility index (Phi) is 10.4.